The second-order valence-corrected chi connectivity index (χ2v) is 11.8. The Balaban J connectivity index is 1.44. The molecule has 3 aromatic carbocycles. The molecule has 41 heavy (non-hydrogen) atoms. The van der Waals surface area contributed by atoms with E-state index in [4.69, 9.17) is 32.7 Å². The van der Waals surface area contributed by atoms with E-state index in [0.29, 0.717) is 38.5 Å². The van der Waals surface area contributed by atoms with E-state index in [0.717, 1.165) is 4.31 Å². The Morgan fingerprint density at radius 1 is 1.10 bits per heavy atom. The van der Waals surface area contributed by atoms with E-state index in [-0.39, 0.29) is 30.0 Å². The number of aromatic amines is 1. The molecule has 0 fully saturated rings. The number of nitrogens with one attached hydrogen (secondary N) is 2. The van der Waals surface area contributed by atoms with Crippen molar-refractivity contribution in [1.82, 2.24) is 19.6 Å². The van der Waals surface area contributed by atoms with Crippen molar-refractivity contribution in [3.8, 4) is 17.2 Å². The van der Waals surface area contributed by atoms with Crippen LogP contribution >= 0.6 is 23.2 Å². The predicted molar refractivity (Wildman–Crippen MR) is 150 cm³/mol. The summed E-state index contributed by atoms with van der Waals surface area (Å²) in [5.41, 5.74) is 2.29. The summed E-state index contributed by atoms with van der Waals surface area (Å²) in [5, 5.41) is 13.4. The number of benzene rings is 3. The first kappa shape index (κ1) is 28.7. The largest absolute Gasteiger partial charge is 0.497 e. The fourth-order valence-corrected chi connectivity index (χ4v) is 6.64. The molecule has 0 saturated carbocycles. The predicted octanol–water partition coefficient (Wildman–Crippen LogP) is 3.85. The fraction of sp³-hybridized carbons (Fsp3) is 0.185. The smallest absolute Gasteiger partial charge is 0.276 e. The minimum Gasteiger partial charge on any atom is -0.497 e. The molecule has 0 radical (unpaired) electrons. The summed E-state index contributed by atoms with van der Waals surface area (Å²) in [6.45, 7) is 0.00159. The number of fused-ring (bicyclic) bond motifs is 1. The van der Waals surface area contributed by atoms with Gasteiger partial charge in [-0.1, -0.05) is 35.3 Å². The minimum atomic E-state index is -4.30. The maximum absolute atomic E-state index is 13.7. The third-order valence-corrected chi connectivity index (χ3v) is 9.12. The number of hydroxylamine groups is 1. The van der Waals surface area contributed by atoms with Gasteiger partial charge in [0.05, 0.1) is 23.3 Å². The van der Waals surface area contributed by atoms with Crippen molar-refractivity contribution in [3.05, 3.63) is 104 Å². The van der Waals surface area contributed by atoms with Gasteiger partial charge in [-0.3, -0.25) is 19.9 Å². The number of amides is 1. The van der Waals surface area contributed by atoms with Crippen LogP contribution in [0.3, 0.4) is 0 Å². The molecule has 11 nitrogen and oxygen atoms in total. The number of ether oxygens (including phenoxy) is 2. The van der Waals surface area contributed by atoms with Crippen LogP contribution in [0.1, 0.15) is 22.9 Å². The number of hydrogen-bond acceptors (Lipinski definition) is 7. The molecule has 0 aliphatic carbocycles. The van der Waals surface area contributed by atoms with Crippen molar-refractivity contribution in [1.29, 1.82) is 0 Å². The summed E-state index contributed by atoms with van der Waals surface area (Å²) in [5.74, 6) is -0.185. The highest BCUT2D eigenvalue weighted by molar-refractivity contribution is 7.89. The van der Waals surface area contributed by atoms with E-state index in [1.807, 2.05) is 0 Å². The number of halogens is 2. The molecule has 214 valence electrons. The van der Waals surface area contributed by atoms with E-state index in [1.165, 1.54) is 41.5 Å². The number of aromatic nitrogens is 2. The molecule has 14 heteroatoms. The van der Waals surface area contributed by atoms with Crippen LogP contribution in [-0.2, 0) is 27.8 Å². The number of hydrogen-bond donors (Lipinski definition) is 3. The Kier molecular flexibility index (Phi) is 8.11. The molecule has 1 amide bonds. The topological polar surface area (TPSA) is 143 Å². The summed E-state index contributed by atoms with van der Waals surface area (Å²) in [6.07, 6.45) is 0.124. The first-order chi connectivity index (χ1) is 19.6. The molecule has 4 aromatic rings. The van der Waals surface area contributed by atoms with Gasteiger partial charge in [0.25, 0.3) is 11.5 Å². The van der Waals surface area contributed by atoms with Crippen molar-refractivity contribution in [3.63, 3.8) is 0 Å². The highest BCUT2D eigenvalue weighted by Gasteiger charge is 2.44. The third kappa shape index (κ3) is 5.56. The average molecular weight is 619 g/mol. The lowest BCUT2D eigenvalue weighted by Gasteiger charge is -2.32. The lowest BCUT2D eigenvalue weighted by molar-refractivity contribution is -0.133. The van der Waals surface area contributed by atoms with Crippen LogP contribution in [0.2, 0.25) is 10.0 Å². The highest BCUT2D eigenvalue weighted by atomic mass is 35.5. The first-order valence-corrected chi connectivity index (χ1v) is 14.4. The SMILES string of the molecule is COc1cccc(-n2[nH]c3c(c2=O)C(C(=O)NO)N(S(=O)(=O)c2ccc(OCc4ccc(Cl)cc4Cl)cc2)CC3)c1. The molecule has 1 aliphatic rings. The Bertz CT molecular complexity index is 1770. The van der Waals surface area contributed by atoms with Crippen LogP contribution in [-0.4, -0.2) is 47.3 Å². The van der Waals surface area contributed by atoms with Crippen LogP contribution in [0.5, 0.6) is 11.5 Å². The van der Waals surface area contributed by atoms with Gasteiger partial charge >= 0.3 is 0 Å². The van der Waals surface area contributed by atoms with Crippen LogP contribution in [0, 0.1) is 0 Å². The van der Waals surface area contributed by atoms with Gasteiger partial charge < -0.3 is 9.47 Å². The number of rotatable bonds is 8. The molecule has 1 aromatic heterocycles. The lowest BCUT2D eigenvalue weighted by Crippen LogP contribution is -2.48. The van der Waals surface area contributed by atoms with Gasteiger partial charge in [-0.25, -0.2) is 18.6 Å². The van der Waals surface area contributed by atoms with Crippen LogP contribution in [0.4, 0.5) is 0 Å². The highest BCUT2D eigenvalue weighted by Crippen LogP contribution is 2.33. The van der Waals surface area contributed by atoms with Crippen molar-refractivity contribution >= 4 is 39.1 Å². The van der Waals surface area contributed by atoms with Gasteiger partial charge in [0.15, 0.2) is 0 Å². The van der Waals surface area contributed by atoms with Crippen molar-refractivity contribution in [2.75, 3.05) is 13.7 Å². The number of nitrogens with zero attached hydrogens (tertiary/aromatic N) is 2. The summed E-state index contributed by atoms with van der Waals surface area (Å²) in [6, 6.07) is 15.7. The third-order valence-electron chi connectivity index (χ3n) is 6.66. The monoisotopic (exact) mass is 618 g/mol. The number of H-pyrrole nitrogens is 1. The number of sulfonamides is 1. The molecule has 3 N–H and O–H groups in total. The zero-order chi connectivity index (χ0) is 29.3. The molecule has 0 saturated heterocycles. The van der Waals surface area contributed by atoms with Crippen molar-refractivity contribution < 1.29 is 27.9 Å². The van der Waals surface area contributed by atoms with Gasteiger partial charge in [0, 0.05) is 40.3 Å². The van der Waals surface area contributed by atoms with E-state index >= 15 is 0 Å². The first-order valence-electron chi connectivity index (χ1n) is 12.2. The molecule has 1 aliphatic heterocycles. The minimum absolute atomic E-state index is 0.0889. The standard InChI is InChI=1S/C27H24Cl2N4O7S/c1-39-20-4-2-3-18(14-20)33-27(35)24-23(30-33)11-12-32(25(24)26(34)31-36)41(37,38)21-9-7-19(8-10-21)40-15-16-5-6-17(28)13-22(16)29/h2-10,13-14,25,30,36H,11-12,15H2,1H3,(H,31,34). The van der Waals surface area contributed by atoms with E-state index in [1.54, 1.807) is 42.5 Å². The summed E-state index contributed by atoms with van der Waals surface area (Å²) < 4.78 is 40.5. The maximum Gasteiger partial charge on any atom is 0.276 e. The zero-order valence-electron chi connectivity index (χ0n) is 21.5. The number of carbonyl (C=O) groups excluding carboxylic acids is 1. The summed E-state index contributed by atoms with van der Waals surface area (Å²) >= 11 is 12.1. The maximum atomic E-state index is 13.7. The van der Waals surface area contributed by atoms with Gasteiger partial charge in [-0.05, 0) is 48.5 Å². The normalized spacial score (nSPS) is 15.3. The quantitative estimate of drug-likeness (QED) is 0.201. The summed E-state index contributed by atoms with van der Waals surface area (Å²) in [4.78, 5) is 26.2. The molecule has 1 atom stereocenters. The van der Waals surface area contributed by atoms with E-state index < -0.39 is 27.5 Å². The molecule has 0 bridgehead atoms. The van der Waals surface area contributed by atoms with Gasteiger partial charge in [0.2, 0.25) is 10.0 Å². The molecular weight excluding hydrogens is 595 g/mol. The van der Waals surface area contributed by atoms with Crippen LogP contribution in [0.15, 0.2) is 76.4 Å². The zero-order valence-corrected chi connectivity index (χ0v) is 23.8. The molecule has 2 heterocycles. The second kappa shape index (κ2) is 11.6. The fourth-order valence-electron chi connectivity index (χ4n) is 4.62. The van der Waals surface area contributed by atoms with E-state index in [2.05, 4.69) is 5.10 Å². The molecule has 5 rings (SSSR count). The Labute approximate surface area is 244 Å². The average Bonchev–Trinajstić information content (AvgIpc) is 3.32. The van der Waals surface area contributed by atoms with Crippen molar-refractivity contribution in [2.45, 2.75) is 24.0 Å². The Morgan fingerprint density at radius 3 is 2.54 bits per heavy atom. The van der Waals surface area contributed by atoms with Gasteiger partial charge in [-0.2, -0.15) is 4.31 Å². The molecular formula is C27H24Cl2N4O7S. The van der Waals surface area contributed by atoms with E-state index in [9.17, 15) is 23.2 Å². The molecule has 1 unspecified atom stereocenters. The lowest BCUT2D eigenvalue weighted by atomic mass is 10.0. The Morgan fingerprint density at radius 2 is 1.85 bits per heavy atom. The van der Waals surface area contributed by atoms with Crippen LogP contribution < -0.4 is 20.5 Å². The van der Waals surface area contributed by atoms with Crippen LogP contribution in [0.25, 0.3) is 5.69 Å². The number of carbonyl (C=O) groups is 1. The van der Waals surface area contributed by atoms with Gasteiger partial charge in [0.1, 0.15) is 24.1 Å². The van der Waals surface area contributed by atoms with Crippen molar-refractivity contribution in [2.24, 2.45) is 0 Å². The Hall–Kier alpha value is -3.81. The summed E-state index contributed by atoms with van der Waals surface area (Å²) in [7, 11) is -2.81. The number of methoxy groups -OCH3 is 1. The second-order valence-electron chi connectivity index (χ2n) is 9.09. The molecule has 0 spiro atoms. The van der Waals surface area contributed by atoms with Gasteiger partial charge in [-0.15, -0.1) is 0 Å².